The average molecular weight is 379 g/mol. The molecule has 0 unspecified atom stereocenters. The lowest BCUT2D eigenvalue weighted by Gasteiger charge is -2.25. The Labute approximate surface area is 135 Å². The molecule has 1 aliphatic carbocycles. The molecule has 1 aliphatic rings. The molecule has 7 heteroatoms. The maximum Gasteiger partial charge on any atom is 0.245 e. The van der Waals surface area contributed by atoms with Crippen molar-refractivity contribution < 1.29 is 12.8 Å². The van der Waals surface area contributed by atoms with Crippen molar-refractivity contribution in [3.05, 3.63) is 16.5 Å². The van der Waals surface area contributed by atoms with Gasteiger partial charge in [-0.05, 0) is 61.5 Å². The number of rotatable bonds is 8. The molecule has 2 rings (SSSR count). The third-order valence-electron chi connectivity index (χ3n) is 3.72. The zero-order valence-corrected chi connectivity index (χ0v) is 15.1. The van der Waals surface area contributed by atoms with E-state index in [1.807, 2.05) is 13.8 Å². The summed E-state index contributed by atoms with van der Waals surface area (Å²) >= 11 is 3.21. The lowest BCUT2D eigenvalue weighted by molar-refractivity contribution is 0.399. The van der Waals surface area contributed by atoms with Crippen LogP contribution in [0.4, 0.5) is 0 Å². The van der Waals surface area contributed by atoms with Gasteiger partial charge in [0.05, 0.1) is 6.54 Å². The minimum Gasteiger partial charge on any atom is -0.452 e. The van der Waals surface area contributed by atoms with Gasteiger partial charge in [0.25, 0.3) is 0 Å². The van der Waals surface area contributed by atoms with Gasteiger partial charge in [0.15, 0.2) is 4.67 Å². The Morgan fingerprint density at radius 2 is 2.10 bits per heavy atom. The number of hydrogen-bond acceptors (Lipinski definition) is 4. The van der Waals surface area contributed by atoms with Crippen LogP contribution >= 0.6 is 15.9 Å². The molecule has 21 heavy (non-hydrogen) atoms. The Morgan fingerprint density at radius 1 is 1.43 bits per heavy atom. The number of halogens is 1. The summed E-state index contributed by atoms with van der Waals surface area (Å²) in [4.78, 5) is 0.171. The summed E-state index contributed by atoms with van der Waals surface area (Å²) in [7, 11) is -3.58. The van der Waals surface area contributed by atoms with Crippen LogP contribution in [-0.2, 0) is 16.6 Å². The SMILES string of the molecule is CCCNCc1cc(S(=O)(=O)NC(C)(C)C2CC2)c(Br)o1. The number of hydrogen-bond donors (Lipinski definition) is 2. The summed E-state index contributed by atoms with van der Waals surface area (Å²) < 4.78 is 33.6. The van der Waals surface area contributed by atoms with Gasteiger partial charge in [-0.2, -0.15) is 0 Å². The second-order valence-electron chi connectivity index (χ2n) is 6.13. The van der Waals surface area contributed by atoms with E-state index in [0.29, 0.717) is 18.2 Å². The van der Waals surface area contributed by atoms with E-state index in [0.717, 1.165) is 25.8 Å². The minimum absolute atomic E-state index is 0.171. The fourth-order valence-electron chi connectivity index (χ4n) is 2.35. The second-order valence-corrected chi connectivity index (χ2v) is 8.50. The molecular weight excluding hydrogens is 356 g/mol. The minimum atomic E-state index is -3.58. The molecule has 1 heterocycles. The molecule has 0 radical (unpaired) electrons. The Morgan fingerprint density at radius 3 is 2.67 bits per heavy atom. The average Bonchev–Trinajstić information content (AvgIpc) is 3.14. The zero-order chi connectivity index (χ0) is 15.7. The smallest absolute Gasteiger partial charge is 0.245 e. The van der Waals surface area contributed by atoms with Gasteiger partial charge in [-0.15, -0.1) is 0 Å². The number of sulfonamides is 1. The predicted octanol–water partition coefficient (Wildman–Crippen LogP) is 3.01. The lowest BCUT2D eigenvalue weighted by atomic mass is 10.0. The van der Waals surface area contributed by atoms with Crippen molar-refractivity contribution >= 4 is 26.0 Å². The van der Waals surface area contributed by atoms with E-state index < -0.39 is 15.6 Å². The molecule has 2 N–H and O–H groups in total. The Bertz CT molecular complexity index is 591. The van der Waals surface area contributed by atoms with E-state index in [4.69, 9.17) is 4.42 Å². The molecule has 0 aliphatic heterocycles. The summed E-state index contributed by atoms with van der Waals surface area (Å²) in [5.74, 6) is 1.03. The van der Waals surface area contributed by atoms with Crippen molar-refractivity contribution in [2.24, 2.45) is 5.92 Å². The zero-order valence-electron chi connectivity index (χ0n) is 12.7. The Hall–Kier alpha value is -0.370. The molecule has 0 saturated heterocycles. The fraction of sp³-hybridized carbons (Fsp3) is 0.714. The van der Waals surface area contributed by atoms with E-state index >= 15 is 0 Å². The largest absolute Gasteiger partial charge is 0.452 e. The fourth-order valence-corrected chi connectivity index (χ4v) is 4.82. The van der Waals surface area contributed by atoms with E-state index in [9.17, 15) is 8.42 Å². The second kappa shape index (κ2) is 6.40. The number of furan rings is 1. The molecular formula is C14H23BrN2O3S. The highest BCUT2D eigenvalue weighted by molar-refractivity contribution is 9.10. The summed E-state index contributed by atoms with van der Waals surface area (Å²) in [5, 5.41) is 3.19. The van der Waals surface area contributed by atoms with Gasteiger partial charge in [0, 0.05) is 11.6 Å². The third-order valence-corrected chi connectivity index (χ3v) is 6.25. The van der Waals surface area contributed by atoms with Gasteiger partial charge in [-0.25, -0.2) is 13.1 Å². The summed E-state index contributed by atoms with van der Waals surface area (Å²) in [5.41, 5.74) is -0.420. The monoisotopic (exact) mass is 378 g/mol. The van der Waals surface area contributed by atoms with Crippen LogP contribution in [-0.4, -0.2) is 20.5 Å². The highest BCUT2D eigenvalue weighted by Gasteiger charge is 2.41. The maximum atomic E-state index is 12.5. The first-order valence-corrected chi connectivity index (χ1v) is 9.57. The molecule has 0 atom stereocenters. The summed E-state index contributed by atoms with van der Waals surface area (Å²) in [6.45, 7) is 7.33. The molecule has 0 bridgehead atoms. The lowest BCUT2D eigenvalue weighted by Crippen LogP contribution is -2.45. The number of nitrogens with one attached hydrogen (secondary N) is 2. The molecule has 120 valence electrons. The van der Waals surface area contributed by atoms with Gasteiger partial charge in [0.2, 0.25) is 10.0 Å². The topological polar surface area (TPSA) is 71.3 Å². The van der Waals surface area contributed by atoms with E-state index in [1.165, 1.54) is 0 Å². The quantitative estimate of drug-likeness (QED) is 0.682. The van der Waals surface area contributed by atoms with Crippen molar-refractivity contribution in [1.82, 2.24) is 10.0 Å². The van der Waals surface area contributed by atoms with Crippen LogP contribution in [0, 0.1) is 5.92 Å². The molecule has 0 spiro atoms. The first-order chi connectivity index (χ1) is 9.76. The van der Waals surface area contributed by atoms with Crippen LogP contribution in [0.15, 0.2) is 20.0 Å². The van der Waals surface area contributed by atoms with Crippen LogP contribution < -0.4 is 10.0 Å². The van der Waals surface area contributed by atoms with Crippen LogP contribution in [0.3, 0.4) is 0 Å². The van der Waals surface area contributed by atoms with Crippen molar-refractivity contribution in [2.45, 2.75) is 57.0 Å². The first kappa shape index (κ1) is 17.0. The van der Waals surface area contributed by atoms with Gasteiger partial charge >= 0.3 is 0 Å². The van der Waals surface area contributed by atoms with Crippen LogP contribution in [0.25, 0.3) is 0 Å². The van der Waals surface area contributed by atoms with E-state index in [-0.39, 0.29) is 9.56 Å². The molecule has 0 aromatic carbocycles. The van der Waals surface area contributed by atoms with Crippen molar-refractivity contribution in [3.63, 3.8) is 0 Å². The molecule has 5 nitrogen and oxygen atoms in total. The van der Waals surface area contributed by atoms with Crippen LogP contribution in [0.5, 0.6) is 0 Å². The van der Waals surface area contributed by atoms with Crippen LogP contribution in [0.2, 0.25) is 0 Å². The van der Waals surface area contributed by atoms with Crippen molar-refractivity contribution in [1.29, 1.82) is 0 Å². The summed E-state index contributed by atoms with van der Waals surface area (Å²) in [6, 6.07) is 1.58. The Kier molecular flexibility index (Phi) is 5.18. The van der Waals surface area contributed by atoms with Gasteiger partial charge in [0.1, 0.15) is 10.7 Å². The normalized spacial score (nSPS) is 16.4. The molecule has 1 saturated carbocycles. The first-order valence-electron chi connectivity index (χ1n) is 7.29. The third kappa shape index (κ3) is 4.31. The highest BCUT2D eigenvalue weighted by atomic mass is 79.9. The van der Waals surface area contributed by atoms with Gasteiger partial charge in [-0.3, -0.25) is 0 Å². The van der Waals surface area contributed by atoms with Crippen molar-refractivity contribution in [3.8, 4) is 0 Å². The summed E-state index contributed by atoms with van der Waals surface area (Å²) in [6.07, 6.45) is 3.17. The standard InChI is InChI=1S/C14H23BrN2O3S/c1-4-7-16-9-11-8-12(13(15)20-11)21(18,19)17-14(2,3)10-5-6-10/h8,10,16-17H,4-7,9H2,1-3H3. The predicted molar refractivity (Wildman–Crippen MR) is 85.5 cm³/mol. The van der Waals surface area contributed by atoms with Gasteiger partial charge < -0.3 is 9.73 Å². The van der Waals surface area contributed by atoms with Gasteiger partial charge in [-0.1, -0.05) is 6.92 Å². The maximum absolute atomic E-state index is 12.5. The highest BCUT2D eigenvalue weighted by Crippen LogP contribution is 2.40. The molecule has 0 amide bonds. The molecule has 1 aromatic rings. The van der Waals surface area contributed by atoms with E-state index in [2.05, 4.69) is 32.9 Å². The van der Waals surface area contributed by atoms with Crippen molar-refractivity contribution in [2.75, 3.05) is 6.54 Å². The van der Waals surface area contributed by atoms with Crippen LogP contribution in [0.1, 0.15) is 45.8 Å². The molecule has 1 fully saturated rings. The molecule has 1 aromatic heterocycles. The van der Waals surface area contributed by atoms with E-state index in [1.54, 1.807) is 6.07 Å². The Balaban J connectivity index is 2.12.